The number of carbonyl (C=O) groups excluding carboxylic acids is 2. The molecule has 0 spiro atoms. The highest BCUT2D eigenvalue weighted by atomic mass is 32.2. The van der Waals surface area contributed by atoms with E-state index in [0.717, 1.165) is 41.4 Å². The van der Waals surface area contributed by atoms with Crippen molar-refractivity contribution in [2.75, 3.05) is 12.0 Å². The Morgan fingerprint density at radius 2 is 1.02 bits per heavy atom. The third-order valence-electron chi connectivity index (χ3n) is 12.5. The molecule has 5 aliphatic carbocycles. The first-order valence-electron chi connectivity index (χ1n) is 20.1. The molecule has 1 saturated carbocycles. The summed E-state index contributed by atoms with van der Waals surface area (Å²) in [5.41, 5.74) is 4.47. The number of hydrogen-bond donors (Lipinski definition) is 8. The van der Waals surface area contributed by atoms with Crippen molar-refractivity contribution in [2.24, 2.45) is 28.8 Å². The summed E-state index contributed by atoms with van der Waals surface area (Å²) in [5.74, 6) is -5.50. The second-order valence-corrected chi connectivity index (χ2v) is 20.8. The van der Waals surface area contributed by atoms with Crippen LogP contribution in [0.2, 0.25) is 0 Å². The molecule has 8 rings (SSSR count). The topological polar surface area (TPSA) is 306 Å². The smallest absolute Gasteiger partial charge is 0.294 e. The van der Waals surface area contributed by atoms with Crippen LogP contribution in [0, 0.1) is 23.7 Å². The molecule has 2 aromatic rings. The van der Waals surface area contributed by atoms with Gasteiger partial charge in [0.1, 0.15) is 0 Å². The lowest BCUT2D eigenvalue weighted by Crippen LogP contribution is -2.40. The molecule has 18 nitrogen and oxygen atoms in total. The number of anilines is 1. The monoisotopic (exact) mass is 937 g/mol. The molecular formula is C43H43N3O15S3. The van der Waals surface area contributed by atoms with E-state index in [1.807, 2.05) is 0 Å². The molecule has 1 aliphatic heterocycles. The molecule has 8 bridgehead atoms. The van der Waals surface area contributed by atoms with Crippen molar-refractivity contribution < 1.29 is 68.9 Å². The maximum absolute atomic E-state index is 13.2. The zero-order chi connectivity index (χ0) is 46.2. The van der Waals surface area contributed by atoms with Crippen LogP contribution in [0.5, 0.6) is 0 Å². The highest BCUT2D eigenvalue weighted by Crippen LogP contribution is 2.43. The summed E-state index contributed by atoms with van der Waals surface area (Å²) in [6, 6.07) is 8.23. The number of hydrazone groups is 1. The Labute approximate surface area is 367 Å². The lowest BCUT2D eigenvalue weighted by molar-refractivity contribution is 0.0619. The van der Waals surface area contributed by atoms with E-state index in [4.69, 9.17) is 0 Å². The number of aliphatic hydroxyl groups excluding tert-OH is 4. The van der Waals surface area contributed by atoms with Gasteiger partial charge in [0.25, 0.3) is 42.2 Å². The highest BCUT2D eigenvalue weighted by Gasteiger charge is 2.40. The molecule has 1 heterocycles. The zero-order valence-corrected chi connectivity index (χ0v) is 36.2. The van der Waals surface area contributed by atoms with Gasteiger partial charge in [0.05, 0.1) is 51.0 Å². The van der Waals surface area contributed by atoms with E-state index in [0.29, 0.717) is 33.2 Å². The number of fused-ring (bicyclic) bond motifs is 8. The van der Waals surface area contributed by atoms with Crippen LogP contribution in [0.4, 0.5) is 5.69 Å². The van der Waals surface area contributed by atoms with Gasteiger partial charge in [0, 0.05) is 52.1 Å². The van der Waals surface area contributed by atoms with Crippen LogP contribution < -0.4 is 5.43 Å². The van der Waals surface area contributed by atoms with Gasteiger partial charge in [-0.25, -0.2) is 0 Å². The van der Waals surface area contributed by atoms with Crippen LogP contribution in [-0.2, 0) is 30.4 Å². The fourth-order valence-electron chi connectivity index (χ4n) is 9.40. The second-order valence-electron chi connectivity index (χ2n) is 16.5. The van der Waals surface area contributed by atoms with E-state index >= 15 is 0 Å². The fraction of sp³-hybridized carbons (Fsp3) is 0.326. The van der Waals surface area contributed by atoms with Gasteiger partial charge in [-0.05, 0) is 96.9 Å². The summed E-state index contributed by atoms with van der Waals surface area (Å²) in [5, 5.41) is 52.5. The molecule has 21 heteroatoms. The summed E-state index contributed by atoms with van der Waals surface area (Å²) in [4.78, 5) is 25.6. The average Bonchev–Trinajstić information content (AvgIpc) is 3.21. The second kappa shape index (κ2) is 16.7. The molecule has 8 N–H and O–H groups in total. The molecule has 64 heavy (non-hydrogen) atoms. The van der Waals surface area contributed by atoms with Crippen molar-refractivity contribution in [2.45, 2.75) is 57.0 Å². The average molecular weight is 938 g/mol. The first kappa shape index (κ1) is 45.4. The van der Waals surface area contributed by atoms with E-state index in [2.05, 4.69) is 10.5 Å². The zero-order valence-electron chi connectivity index (χ0n) is 33.8. The van der Waals surface area contributed by atoms with Gasteiger partial charge in [0.15, 0.2) is 0 Å². The van der Waals surface area contributed by atoms with E-state index in [1.54, 1.807) is 43.3 Å². The minimum Gasteiger partial charge on any atom is -0.388 e. The van der Waals surface area contributed by atoms with E-state index in [1.165, 1.54) is 12.3 Å². The third kappa shape index (κ3) is 8.55. The van der Waals surface area contributed by atoms with Gasteiger partial charge >= 0.3 is 0 Å². The molecule has 6 aliphatic rings. The van der Waals surface area contributed by atoms with Crippen LogP contribution in [0.1, 0.15) is 53.3 Å². The van der Waals surface area contributed by atoms with E-state index < -0.39 is 118 Å². The first-order chi connectivity index (χ1) is 30.0. The normalized spacial score (nSPS) is 28.9. The minimum absolute atomic E-state index is 0.0159. The Morgan fingerprint density at radius 1 is 0.609 bits per heavy atom. The molecule has 338 valence electrons. The molecule has 2 amide bonds. The molecular weight excluding hydrogens is 895 g/mol. The summed E-state index contributed by atoms with van der Waals surface area (Å²) in [7, 11) is -14.8. The largest absolute Gasteiger partial charge is 0.388 e. The summed E-state index contributed by atoms with van der Waals surface area (Å²) >= 11 is 0. The number of hydrogen-bond acceptors (Lipinski definition) is 14. The van der Waals surface area contributed by atoms with E-state index in [9.17, 15) is 68.9 Å². The Kier molecular flexibility index (Phi) is 11.8. The summed E-state index contributed by atoms with van der Waals surface area (Å²) in [6.45, 7) is 1.88. The van der Waals surface area contributed by atoms with Crippen molar-refractivity contribution in [3.05, 3.63) is 133 Å². The van der Waals surface area contributed by atoms with Crippen molar-refractivity contribution in [1.82, 2.24) is 4.90 Å². The molecule has 1 fully saturated rings. The van der Waals surface area contributed by atoms with Crippen molar-refractivity contribution >= 4 is 64.8 Å². The van der Waals surface area contributed by atoms with Gasteiger partial charge in [-0.1, -0.05) is 42.5 Å². The number of nitrogens with one attached hydrogen (secondary N) is 1. The summed E-state index contributed by atoms with van der Waals surface area (Å²) < 4.78 is 106. The minimum atomic E-state index is -4.94. The van der Waals surface area contributed by atoms with Crippen LogP contribution in [-0.4, -0.2) is 113 Å². The lowest BCUT2D eigenvalue weighted by Gasteiger charge is -2.37. The summed E-state index contributed by atoms with van der Waals surface area (Å²) in [6.07, 6.45) is 3.24. The number of carbonyl (C=O) groups is 2. The molecule has 0 radical (unpaired) electrons. The number of imide groups is 1. The maximum Gasteiger partial charge on any atom is 0.294 e. The van der Waals surface area contributed by atoms with Gasteiger partial charge in [-0.2, -0.15) is 30.4 Å². The number of aliphatic hydroxyl groups is 4. The molecule has 0 aromatic heterocycles. The Balaban J connectivity index is 1.22. The number of allylic oxidation sites excluding steroid dienone is 5. The SMILES string of the molecule is CCN1C(=O)c2cccc3c(N/N=C/C4=CC5CC6=CC(S(=O)(=O)O)=CC(CC7=CC(S(=O)(=O)O)=CC(CC8=CC(S(=O)(=O)O)=CC(CC(=C4)C5O)C8O)C7O)C6O)ccc(c23)C1=O. The molecule has 0 saturated heterocycles. The van der Waals surface area contributed by atoms with E-state index in [-0.39, 0.29) is 41.7 Å². The fourth-order valence-corrected chi connectivity index (χ4v) is 11.3. The maximum atomic E-state index is 13.2. The first-order valence-corrected chi connectivity index (χ1v) is 24.4. The number of rotatable bonds is 7. The Morgan fingerprint density at radius 3 is 1.44 bits per heavy atom. The van der Waals surface area contributed by atoms with Crippen molar-refractivity contribution in [3.8, 4) is 0 Å². The van der Waals surface area contributed by atoms with Gasteiger partial charge < -0.3 is 20.4 Å². The standard InChI is InChI=1S/C43H43N3O15S3/c1-2-46-42(51)34-5-3-4-33-36(7-6-35(37(33)34)43(46)52)45-44-20-21-8-22-10-24-14-30(62(53,54)55)16-26(39(24)48)12-28-18-32(64(59,60)61)19-29(41(28)50)13-27-17-31(63(56,57)58)15-25(40(27)49)11-23(9-21)38(22)47/h3-9,14-20,22,25-26,29,38-41,45,47-50H,2,10-13H2,1H3,(H,53,54,55)(H,56,57,58)(H,59,60,61)/b44-20+. The van der Waals surface area contributed by atoms with Crippen LogP contribution >= 0.6 is 0 Å². The Hall–Kier alpha value is -5.20. The predicted molar refractivity (Wildman–Crippen MR) is 233 cm³/mol. The number of benzene rings is 2. The van der Waals surface area contributed by atoms with Crippen molar-refractivity contribution in [3.63, 3.8) is 0 Å². The van der Waals surface area contributed by atoms with Crippen LogP contribution in [0.15, 0.2) is 127 Å². The lowest BCUT2D eigenvalue weighted by atomic mass is 9.73. The van der Waals surface area contributed by atoms with Crippen LogP contribution in [0.25, 0.3) is 10.8 Å². The predicted octanol–water partition coefficient (Wildman–Crippen LogP) is 3.34. The number of amides is 2. The molecule has 8 unspecified atom stereocenters. The molecule has 2 aromatic carbocycles. The third-order valence-corrected chi connectivity index (χ3v) is 15.1. The quantitative estimate of drug-likeness (QED) is 0.0855. The van der Waals surface area contributed by atoms with Gasteiger partial charge in [-0.15, -0.1) is 0 Å². The Bertz CT molecular complexity index is 2980. The van der Waals surface area contributed by atoms with Gasteiger partial charge in [-0.3, -0.25) is 33.6 Å². The van der Waals surface area contributed by atoms with Gasteiger partial charge in [0.2, 0.25) is 0 Å². The highest BCUT2D eigenvalue weighted by molar-refractivity contribution is 7.90. The van der Waals surface area contributed by atoms with Crippen LogP contribution in [0.3, 0.4) is 0 Å². The molecule has 8 atom stereocenters. The number of nitrogens with zero attached hydrogens (tertiary/aromatic N) is 2. The van der Waals surface area contributed by atoms with Crippen molar-refractivity contribution in [1.29, 1.82) is 0 Å².